The molecule has 0 bridgehead atoms. The van der Waals surface area contributed by atoms with Crippen molar-refractivity contribution in [2.24, 2.45) is 0 Å². The summed E-state index contributed by atoms with van der Waals surface area (Å²) in [6, 6.07) is 12.2. The lowest BCUT2D eigenvalue weighted by molar-refractivity contribution is 0.0381. The molecule has 0 amide bonds. The second kappa shape index (κ2) is 12.5. The normalized spacial score (nSPS) is 14.7. The van der Waals surface area contributed by atoms with Crippen molar-refractivity contribution >= 4 is 49.9 Å². The largest absolute Gasteiger partial charge is 0.379 e. The molecule has 2 N–H and O–H groups in total. The topological polar surface area (TPSA) is 122 Å². The molecule has 1 saturated heterocycles. The third-order valence-corrected chi connectivity index (χ3v) is 8.88. The van der Waals surface area contributed by atoms with Crippen molar-refractivity contribution in [3.8, 4) is 5.69 Å². The lowest BCUT2D eigenvalue weighted by Gasteiger charge is -2.26. The van der Waals surface area contributed by atoms with Gasteiger partial charge in [0.05, 0.1) is 34.7 Å². The maximum Gasteiger partial charge on any atom is 0.262 e. The van der Waals surface area contributed by atoms with Crippen LogP contribution in [0, 0.1) is 0 Å². The minimum Gasteiger partial charge on any atom is -0.379 e. The summed E-state index contributed by atoms with van der Waals surface area (Å²) in [6.07, 6.45) is 0.861. The highest BCUT2D eigenvalue weighted by Crippen LogP contribution is 2.32. The lowest BCUT2D eigenvalue weighted by Crippen LogP contribution is -2.37. The van der Waals surface area contributed by atoms with Crippen LogP contribution in [0.15, 0.2) is 47.3 Å². The highest BCUT2D eigenvalue weighted by molar-refractivity contribution is 7.92. The van der Waals surface area contributed by atoms with Crippen LogP contribution in [0.2, 0.25) is 10.0 Å². The molecule has 0 saturated carbocycles. The second-order valence-corrected chi connectivity index (χ2v) is 13.0. The van der Waals surface area contributed by atoms with Crippen LogP contribution in [0.1, 0.15) is 43.3 Å². The summed E-state index contributed by atoms with van der Waals surface area (Å²) in [4.78, 5) is 23.1. The van der Waals surface area contributed by atoms with Crippen molar-refractivity contribution < 1.29 is 13.2 Å². The Labute approximate surface area is 248 Å². The molecule has 3 heterocycles. The number of hydrogen-bond donors (Lipinski definition) is 2. The van der Waals surface area contributed by atoms with Gasteiger partial charge in [-0.15, -0.1) is 0 Å². The fourth-order valence-electron chi connectivity index (χ4n) is 4.85. The molecule has 2 aromatic heterocycles. The number of nitrogens with zero attached hydrogens (tertiary/aromatic N) is 4. The Morgan fingerprint density at radius 2 is 1.76 bits per heavy atom. The Kier molecular flexibility index (Phi) is 9.00. The van der Waals surface area contributed by atoms with E-state index in [-0.39, 0.29) is 17.2 Å². The smallest absolute Gasteiger partial charge is 0.262 e. The number of para-hydroxylation sites is 1. The summed E-state index contributed by atoms with van der Waals surface area (Å²) >= 11 is 12.9. The SMILES string of the molecule is CC(C)c1nn(-c2c(Cl)cccc2Cl)c2nc(Cc3ccc(NS(=O)(=O)CCCN4CCOCC4)cc3)[nH]c(=O)c12. The van der Waals surface area contributed by atoms with Crippen LogP contribution < -0.4 is 10.3 Å². The molecular formula is C28H32Cl2N6O4S. The number of H-pyrrole nitrogens is 1. The van der Waals surface area contributed by atoms with E-state index in [1.54, 1.807) is 42.5 Å². The van der Waals surface area contributed by atoms with Crippen molar-refractivity contribution in [1.82, 2.24) is 24.6 Å². The highest BCUT2D eigenvalue weighted by Gasteiger charge is 2.22. The molecule has 0 unspecified atom stereocenters. The van der Waals surface area contributed by atoms with Crippen molar-refractivity contribution in [1.29, 1.82) is 0 Å². The minimum absolute atomic E-state index is 0.0375. The summed E-state index contributed by atoms with van der Waals surface area (Å²) in [5.41, 5.74) is 2.43. The summed E-state index contributed by atoms with van der Waals surface area (Å²) in [5, 5.41) is 5.84. The van der Waals surface area contributed by atoms with Crippen LogP contribution in [0.3, 0.4) is 0 Å². The van der Waals surface area contributed by atoms with Crippen molar-refractivity contribution in [3.05, 3.63) is 79.9 Å². The van der Waals surface area contributed by atoms with E-state index in [4.69, 9.17) is 32.9 Å². The van der Waals surface area contributed by atoms with Gasteiger partial charge in [0.25, 0.3) is 5.56 Å². The predicted molar refractivity (Wildman–Crippen MR) is 162 cm³/mol. The zero-order valence-corrected chi connectivity index (χ0v) is 25.2. The van der Waals surface area contributed by atoms with E-state index < -0.39 is 10.0 Å². The maximum atomic E-state index is 13.2. The van der Waals surface area contributed by atoms with Gasteiger partial charge in [-0.1, -0.05) is 55.2 Å². The first-order valence-corrected chi connectivity index (χ1v) is 15.9. The van der Waals surface area contributed by atoms with Crippen LogP contribution in [-0.4, -0.2) is 71.7 Å². The van der Waals surface area contributed by atoms with Gasteiger partial charge in [0.2, 0.25) is 10.0 Å². The lowest BCUT2D eigenvalue weighted by atomic mass is 10.1. The number of morpholine rings is 1. The zero-order chi connectivity index (χ0) is 29.1. The first-order valence-electron chi connectivity index (χ1n) is 13.5. The van der Waals surface area contributed by atoms with Crippen LogP contribution in [0.25, 0.3) is 16.7 Å². The van der Waals surface area contributed by atoms with Gasteiger partial charge >= 0.3 is 0 Å². The Morgan fingerprint density at radius 1 is 1.07 bits per heavy atom. The average molecular weight is 620 g/mol. The van der Waals surface area contributed by atoms with E-state index in [0.29, 0.717) is 70.0 Å². The molecular weight excluding hydrogens is 587 g/mol. The highest BCUT2D eigenvalue weighted by atomic mass is 35.5. The van der Waals surface area contributed by atoms with Gasteiger partial charge in [-0.25, -0.2) is 18.1 Å². The molecule has 10 nitrogen and oxygen atoms in total. The quantitative estimate of drug-likeness (QED) is 0.266. The number of nitrogens with one attached hydrogen (secondary N) is 2. The molecule has 218 valence electrons. The molecule has 2 aromatic carbocycles. The van der Waals surface area contributed by atoms with E-state index in [1.165, 1.54) is 4.68 Å². The molecule has 1 fully saturated rings. The molecule has 5 rings (SSSR count). The number of aromatic amines is 1. The number of halogens is 2. The number of anilines is 1. The number of hydrogen-bond acceptors (Lipinski definition) is 7. The number of benzene rings is 2. The predicted octanol–water partition coefficient (Wildman–Crippen LogP) is 4.59. The fourth-order valence-corrected chi connectivity index (χ4v) is 6.51. The monoisotopic (exact) mass is 618 g/mol. The van der Waals surface area contributed by atoms with Gasteiger partial charge in [-0.3, -0.25) is 14.4 Å². The van der Waals surface area contributed by atoms with E-state index >= 15 is 0 Å². The fraction of sp³-hybridized carbons (Fsp3) is 0.393. The summed E-state index contributed by atoms with van der Waals surface area (Å²) in [5.74, 6) is 0.432. The first kappa shape index (κ1) is 29.5. The molecule has 4 aromatic rings. The molecule has 0 spiro atoms. The maximum absolute atomic E-state index is 13.2. The third kappa shape index (κ3) is 6.92. The Balaban J connectivity index is 1.34. The molecule has 0 radical (unpaired) electrons. The Morgan fingerprint density at radius 3 is 2.41 bits per heavy atom. The van der Waals surface area contributed by atoms with Crippen molar-refractivity contribution in [2.75, 3.05) is 43.3 Å². The Bertz CT molecular complexity index is 1680. The molecule has 13 heteroatoms. The number of fused-ring (bicyclic) bond motifs is 1. The van der Waals surface area contributed by atoms with Gasteiger partial charge < -0.3 is 9.72 Å². The number of aromatic nitrogens is 4. The van der Waals surface area contributed by atoms with Crippen molar-refractivity contribution in [3.63, 3.8) is 0 Å². The zero-order valence-electron chi connectivity index (χ0n) is 22.9. The van der Waals surface area contributed by atoms with E-state index in [1.807, 2.05) is 13.8 Å². The van der Waals surface area contributed by atoms with Gasteiger partial charge in [-0.2, -0.15) is 5.10 Å². The average Bonchev–Trinajstić information content (AvgIpc) is 3.30. The first-order chi connectivity index (χ1) is 19.6. The van der Waals surface area contributed by atoms with Crippen molar-refractivity contribution in [2.45, 2.75) is 32.6 Å². The number of sulfonamides is 1. The van der Waals surface area contributed by atoms with Crippen LogP contribution in [0.5, 0.6) is 0 Å². The Hall–Kier alpha value is -2.96. The number of ether oxygens (including phenoxy) is 1. The summed E-state index contributed by atoms with van der Waals surface area (Å²) < 4.78 is 34.7. The molecule has 41 heavy (non-hydrogen) atoms. The molecule has 0 aliphatic carbocycles. The van der Waals surface area contributed by atoms with E-state index in [2.05, 4.69) is 19.7 Å². The van der Waals surface area contributed by atoms with E-state index in [0.717, 1.165) is 25.2 Å². The van der Waals surface area contributed by atoms with Crippen LogP contribution in [0.4, 0.5) is 5.69 Å². The second-order valence-electron chi connectivity index (χ2n) is 10.3. The van der Waals surface area contributed by atoms with E-state index in [9.17, 15) is 13.2 Å². The summed E-state index contributed by atoms with van der Waals surface area (Å²) in [7, 11) is -3.48. The molecule has 1 aliphatic rings. The number of rotatable bonds is 10. The van der Waals surface area contributed by atoms with Gasteiger partial charge in [0.1, 0.15) is 16.9 Å². The third-order valence-electron chi connectivity index (χ3n) is 6.90. The molecule has 1 aliphatic heterocycles. The van der Waals surface area contributed by atoms with Gasteiger partial charge in [0.15, 0.2) is 5.65 Å². The standard InChI is InChI=1S/C28H32Cl2N6O4S/c1-18(2)25-24-27(36(33-25)26-21(29)5-3-6-22(26)30)31-23(32-28(24)37)17-19-7-9-20(10-8-19)34-41(38,39)16-4-11-35-12-14-40-15-13-35/h3,5-10,18,34H,4,11-17H2,1-2H3,(H,31,32,37). The molecule has 0 atom stereocenters. The van der Waals surface area contributed by atoms with Gasteiger partial charge in [0, 0.05) is 25.2 Å². The summed E-state index contributed by atoms with van der Waals surface area (Å²) in [6.45, 7) is 7.66. The van der Waals surface area contributed by atoms with Crippen LogP contribution in [-0.2, 0) is 21.2 Å². The minimum atomic E-state index is -3.48. The van der Waals surface area contributed by atoms with Gasteiger partial charge in [-0.05, 0) is 48.7 Å². The van der Waals surface area contributed by atoms with Crippen LogP contribution >= 0.6 is 23.2 Å².